The fourth-order valence-corrected chi connectivity index (χ4v) is 1.96. The second-order valence-electron chi connectivity index (χ2n) is 5.68. The van der Waals surface area contributed by atoms with E-state index in [1.54, 1.807) is 0 Å². The van der Waals surface area contributed by atoms with Crippen LogP contribution in [0.4, 0.5) is 0 Å². The lowest BCUT2D eigenvalue weighted by Crippen LogP contribution is -2.48. The Bertz CT molecular complexity index is 557. The smallest absolute Gasteiger partial charge is 0.326 e. The lowest BCUT2D eigenvalue weighted by Gasteiger charge is -2.15. The molecule has 154 valence electrons. The van der Waals surface area contributed by atoms with Gasteiger partial charge in [0.15, 0.2) is 11.9 Å². The Morgan fingerprint density at radius 1 is 0.926 bits per heavy atom. The highest BCUT2D eigenvalue weighted by atomic mass is 16.4. The number of carboxylic acids is 1. The number of rotatable bonds is 13. The molecule has 0 aromatic carbocycles. The molecule has 0 bridgehead atoms. The van der Waals surface area contributed by atoms with E-state index >= 15 is 0 Å². The first-order valence-corrected chi connectivity index (χ1v) is 8.29. The Kier molecular flexibility index (Phi) is 11.7. The Morgan fingerprint density at radius 2 is 1.44 bits per heavy atom. The van der Waals surface area contributed by atoms with Crippen molar-refractivity contribution in [2.75, 3.05) is 19.6 Å². The van der Waals surface area contributed by atoms with Crippen LogP contribution in [-0.2, 0) is 14.4 Å². The predicted molar refractivity (Wildman–Crippen MR) is 100 cm³/mol. The van der Waals surface area contributed by atoms with Gasteiger partial charge in [-0.2, -0.15) is 0 Å². The van der Waals surface area contributed by atoms with Gasteiger partial charge in [-0.1, -0.05) is 0 Å². The van der Waals surface area contributed by atoms with E-state index in [-0.39, 0.29) is 24.9 Å². The molecule has 0 spiro atoms. The first-order chi connectivity index (χ1) is 12.6. The molecule has 13 N–H and O–H groups in total. The third-order valence-electron chi connectivity index (χ3n) is 3.31. The number of nitrogens with one attached hydrogen (secondary N) is 2. The van der Waals surface area contributed by atoms with Crippen molar-refractivity contribution in [2.45, 2.75) is 37.8 Å². The fourth-order valence-electron chi connectivity index (χ4n) is 1.96. The Labute approximate surface area is 156 Å². The van der Waals surface area contributed by atoms with Gasteiger partial charge in [-0.15, -0.1) is 0 Å². The molecule has 0 saturated carbocycles. The minimum Gasteiger partial charge on any atom is -0.480 e. The summed E-state index contributed by atoms with van der Waals surface area (Å²) < 4.78 is 0. The molecule has 13 nitrogen and oxygen atoms in total. The third kappa shape index (κ3) is 12.9. The van der Waals surface area contributed by atoms with E-state index in [0.29, 0.717) is 25.8 Å². The van der Waals surface area contributed by atoms with Crippen molar-refractivity contribution in [1.82, 2.24) is 10.6 Å². The van der Waals surface area contributed by atoms with Gasteiger partial charge in [-0.05, 0) is 25.7 Å². The molecule has 0 fully saturated rings. The van der Waals surface area contributed by atoms with E-state index in [2.05, 4.69) is 20.6 Å². The molecular formula is C14H29N9O4. The second-order valence-corrected chi connectivity index (χ2v) is 5.68. The van der Waals surface area contributed by atoms with Gasteiger partial charge in [0, 0.05) is 13.1 Å². The average molecular weight is 387 g/mol. The first kappa shape index (κ1) is 23.9. The van der Waals surface area contributed by atoms with Gasteiger partial charge in [0.2, 0.25) is 11.8 Å². The van der Waals surface area contributed by atoms with Gasteiger partial charge in [0.05, 0.1) is 12.6 Å². The van der Waals surface area contributed by atoms with E-state index in [4.69, 9.17) is 33.8 Å². The van der Waals surface area contributed by atoms with Gasteiger partial charge < -0.3 is 44.4 Å². The molecule has 13 heteroatoms. The number of amides is 2. The molecular weight excluding hydrogens is 358 g/mol. The zero-order chi connectivity index (χ0) is 20.8. The second kappa shape index (κ2) is 13.2. The van der Waals surface area contributed by atoms with Crippen molar-refractivity contribution in [3.8, 4) is 0 Å². The SMILES string of the molecule is NC(N)=NCCC[C@@H](N)C(=O)NCC(=O)N[C@@H](CCCN=C(N)N)C(=O)O. The summed E-state index contributed by atoms with van der Waals surface area (Å²) in [5, 5.41) is 13.8. The minimum atomic E-state index is -1.20. The maximum Gasteiger partial charge on any atom is 0.326 e. The van der Waals surface area contributed by atoms with Gasteiger partial charge in [0.1, 0.15) is 6.04 Å². The van der Waals surface area contributed by atoms with Crippen LogP contribution < -0.4 is 39.3 Å². The number of aliphatic imine (C=N–C) groups is 2. The molecule has 0 saturated heterocycles. The lowest BCUT2D eigenvalue weighted by atomic mass is 10.1. The fraction of sp³-hybridized carbons (Fsp3) is 0.643. The summed E-state index contributed by atoms with van der Waals surface area (Å²) in [5.74, 6) is -2.52. The molecule has 0 rings (SSSR count). The van der Waals surface area contributed by atoms with Crippen LogP contribution in [0, 0.1) is 0 Å². The molecule has 0 heterocycles. The van der Waals surface area contributed by atoms with Crippen molar-refractivity contribution in [1.29, 1.82) is 0 Å². The van der Waals surface area contributed by atoms with Gasteiger partial charge in [-0.25, -0.2) is 4.79 Å². The number of carbonyl (C=O) groups excluding carboxylic acids is 2. The topological polar surface area (TPSA) is 250 Å². The van der Waals surface area contributed by atoms with E-state index in [9.17, 15) is 14.4 Å². The lowest BCUT2D eigenvalue weighted by molar-refractivity contribution is -0.141. The molecule has 0 aromatic rings. The molecule has 27 heavy (non-hydrogen) atoms. The van der Waals surface area contributed by atoms with Crippen molar-refractivity contribution in [2.24, 2.45) is 38.7 Å². The van der Waals surface area contributed by atoms with Crippen LogP contribution in [-0.4, -0.2) is 66.5 Å². The number of hydrogen-bond acceptors (Lipinski definition) is 6. The molecule has 2 atom stereocenters. The van der Waals surface area contributed by atoms with Crippen LogP contribution in [0.2, 0.25) is 0 Å². The molecule has 0 aliphatic heterocycles. The molecule has 0 unspecified atom stereocenters. The molecule has 2 amide bonds. The first-order valence-electron chi connectivity index (χ1n) is 8.29. The monoisotopic (exact) mass is 387 g/mol. The standard InChI is InChI=1S/C14H29N9O4/c15-8(3-1-5-20-13(16)17)11(25)22-7-10(24)23-9(12(26)27)4-2-6-21-14(18)19/h8-9H,1-7,15H2,(H,22,25)(H,23,24)(H,26,27)(H4,16,17,20)(H4,18,19,21)/t8-,9+/m1/s1. The maximum absolute atomic E-state index is 11.8. The summed E-state index contributed by atoms with van der Waals surface area (Å²) >= 11 is 0. The predicted octanol–water partition coefficient (Wildman–Crippen LogP) is -3.89. The number of nitrogens with two attached hydrogens (primary N) is 5. The van der Waals surface area contributed by atoms with E-state index in [1.165, 1.54) is 0 Å². The number of nitrogens with zero attached hydrogens (tertiary/aromatic N) is 2. The average Bonchev–Trinajstić information content (AvgIpc) is 2.58. The summed E-state index contributed by atoms with van der Waals surface area (Å²) in [7, 11) is 0. The molecule has 0 aliphatic rings. The van der Waals surface area contributed by atoms with Gasteiger partial charge >= 0.3 is 5.97 Å². The maximum atomic E-state index is 11.8. The van der Waals surface area contributed by atoms with E-state index < -0.39 is 36.4 Å². The summed E-state index contributed by atoms with van der Waals surface area (Å²) in [6, 6.07) is -1.95. The van der Waals surface area contributed by atoms with Crippen molar-refractivity contribution in [3.63, 3.8) is 0 Å². The minimum absolute atomic E-state index is 0.0454. The number of carboxylic acid groups (broad SMARTS) is 1. The highest BCUT2D eigenvalue weighted by molar-refractivity contribution is 5.89. The van der Waals surface area contributed by atoms with Crippen molar-refractivity contribution < 1.29 is 19.5 Å². The Morgan fingerprint density at radius 3 is 1.93 bits per heavy atom. The number of hydrogen-bond donors (Lipinski definition) is 8. The summed E-state index contributed by atoms with van der Waals surface area (Å²) in [6.45, 7) is 0.190. The van der Waals surface area contributed by atoms with Crippen LogP contribution in [0.1, 0.15) is 25.7 Å². The van der Waals surface area contributed by atoms with Crippen LogP contribution in [0.5, 0.6) is 0 Å². The summed E-state index contributed by atoms with van der Waals surface area (Å²) in [4.78, 5) is 42.3. The summed E-state index contributed by atoms with van der Waals surface area (Å²) in [5.41, 5.74) is 26.4. The molecule has 0 aliphatic carbocycles. The third-order valence-corrected chi connectivity index (χ3v) is 3.31. The van der Waals surface area contributed by atoms with Crippen LogP contribution in [0.3, 0.4) is 0 Å². The Balaban J connectivity index is 4.21. The van der Waals surface area contributed by atoms with Crippen molar-refractivity contribution >= 4 is 29.7 Å². The highest BCUT2D eigenvalue weighted by Gasteiger charge is 2.20. The number of carbonyl (C=O) groups is 3. The quantitative estimate of drug-likeness (QED) is 0.0871. The van der Waals surface area contributed by atoms with Crippen LogP contribution in [0.15, 0.2) is 9.98 Å². The Hall–Kier alpha value is -3.09. The summed E-state index contributed by atoms with van der Waals surface area (Å²) in [6.07, 6.45) is 1.32. The van der Waals surface area contributed by atoms with Crippen molar-refractivity contribution in [3.05, 3.63) is 0 Å². The van der Waals surface area contributed by atoms with E-state index in [0.717, 1.165) is 0 Å². The van der Waals surface area contributed by atoms with Crippen LogP contribution >= 0.6 is 0 Å². The highest BCUT2D eigenvalue weighted by Crippen LogP contribution is 1.99. The number of guanidine groups is 2. The molecule has 0 aromatic heterocycles. The number of aliphatic carboxylic acids is 1. The normalized spacial score (nSPS) is 12.3. The van der Waals surface area contributed by atoms with Crippen LogP contribution in [0.25, 0.3) is 0 Å². The zero-order valence-electron chi connectivity index (χ0n) is 15.1. The molecule has 0 radical (unpaired) electrons. The van der Waals surface area contributed by atoms with Gasteiger partial charge in [0.25, 0.3) is 0 Å². The van der Waals surface area contributed by atoms with Gasteiger partial charge in [-0.3, -0.25) is 19.6 Å². The van der Waals surface area contributed by atoms with E-state index in [1.807, 2.05) is 0 Å². The zero-order valence-corrected chi connectivity index (χ0v) is 15.1. The largest absolute Gasteiger partial charge is 0.480 e.